The van der Waals surface area contributed by atoms with E-state index in [0.29, 0.717) is 28.3 Å². The monoisotopic (exact) mass is 583 g/mol. The highest BCUT2D eigenvalue weighted by molar-refractivity contribution is 7.93. The van der Waals surface area contributed by atoms with Crippen molar-refractivity contribution in [2.45, 2.75) is 42.7 Å². The molecule has 1 heterocycles. The molecule has 0 amide bonds. The lowest BCUT2D eigenvalue weighted by Crippen LogP contribution is -2.33. The molecule has 0 radical (unpaired) electrons. The molecule has 0 unspecified atom stereocenters. The summed E-state index contributed by atoms with van der Waals surface area (Å²) in [4.78, 5) is 9.17. The number of hydrogen-bond donors (Lipinski definition) is 3. The lowest BCUT2D eigenvalue weighted by molar-refractivity contribution is 0.410. The number of nitrogens with zero attached hydrogens (tertiary/aromatic N) is 2. The SMILES string of the molecule is NC1CCC(Nc2nccc(-c3ccccc3Oc3ccc(NS(=O)(=O)c4cccc5ccccc45)cc3F)n2)CC1. The maximum absolute atomic E-state index is 15.2. The van der Waals surface area contributed by atoms with Crippen LogP contribution >= 0.6 is 0 Å². The van der Waals surface area contributed by atoms with E-state index in [1.165, 1.54) is 18.2 Å². The normalized spacial score (nSPS) is 17.1. The average Bonchev–Trinajstić information content (AvgIpc) is 2.99. The average molecular weight is 584 g/mol. The molecule has 0 bridgehead atoms. The first kappa shape index (κ1) is 27.6. The molecular formula is C32H30FN5O3S. The van der Waals surface area contributed by atoms with E-state index in [9.17, 15) is 8.42 Å². The second kappa shape index (κ2) is 11.8. The molecule has 1 aliphatic carbocycles. The summed E-state index contributed by atoms with van der Waals surface area (Å²) in [6.45, 7) is 0. The van der Waals surface area contributed by atoms with Gasteiger partial charge in [-0.1, -0.05) is 48.5 Å². The topological polar surface area (TPSA) is 119 Å². The molecule has 4 aromatic carbocycles. The van der Waals surface area contributed by atoms with E-state index in [-0.39, 0.29) is 28.4 Å². The van der Waals surface area contributed by atoms with Crippen LogP contribution in [-0.2, 0) is 10.0 Å². The molecule has 1 fully saturated rings. The Morgan fingerprint density at radius 2 is 1.62 bits per heavy atom. The number of sulfonamides is 1. The number of nitrogens with two attached hydrogens (primary N) is 1. The van der Waals surface area contributed by atoms with Crippen molar-refractivity contribution in [3.63, 3.8) is 0 Å². The van der Waals surface area contributed by atoms with Crippen molar-refractivity contribution >= 4 is 32.4 Å². The third-order valence-corrected chi connectivity index (χ3v) is 8.81. The Morgan fingerprint density at radius 3 is 2.45 bits per heavy atom. The number of anilines is 2. The van der Waals surface area contributed by atoms with Crippen LogP contribution in [0.4, 0.5) is 16.0 Å². The first-order chi connectivity index (χ1) is 20.4. The maximum Gasteiger partial charge on any atom is 0.262 e. The van der Waals surface area contributed by atoms with Crippen LogP contribution < -0.4 is 20.5 Å². The quantitative estimate of drug-likeness (QED) is 0.186. The number of aromatic nitrogens is 2. The van der Waals surface area contributed by atoms with Gasteiger partial charge in [0.15, 0.2) is 11.6 Å². The molecule has 0 aliphatic heterocycles. The summed E-state index contributed by atoms with van der Waals surface area (Å²) < 4.78 is 50.1. The summed E-state index contributed by atoms with van der Waals surface area (Å²) >= 11 is 0. The van der Waals surface area contributed by atoms with Crippen LogP contribution in [0.25, 0.3) is 22.0 Å². The van der Waals surface area contributed by atoms with Crippen molar-refractivity contribution in [3.05, 3.63) is 103 Å². The van der Waals surface area contributed by atoms with Crippen LogP contribution in [0.2, 0.25) is 0 Å². The fourth-order valence-electron chi connectivity index (χ4n) is 5.20. The van der Waals surface area contributed by atoms with Gasteiger partial charge in [0, 0.05) is 35.3 Å². The minimum Gasteiger partial charge on any atom is -0.454 e. The molecule has 0 saturated heterocycles. The highest BCUT2D eigenvalue weighted by Gasteiger charge is 2.21. The summed E-state index contributed by atoms with van der Waals surface area (Å²) in [5.74, 6) is 0.135. The minimum absolute atomic E-state index is 0.0542. The number of rotatable bonds is 8. The Hall–Kier alpha value is -4.54. The highest BCUT2D eigenvalue weighted by Crippen LogP contribution is 2.35. The second-order valence-corrected chi connectivity index (χ2v) is 12.0. The van der Waals surface area contributed by atoms with Gasteiger partial charge in [-0.15, -0.1) is 0 Å². The molecule has 0 spiro atoms. The van der Waals surface area contributed by atoms with Crippen LogP contribution in [0.15, 0.2) is 102 Å². The van der Waals surface area contributed by atoms with Gasteiger partial charge in [0.25, 0.3) is 10.0 Å². The summed E-state index contributed by atoms with van der Waals surface area (Å²) in [6.07, 6.45) is 5.52. The first-order valence-corrected chi connectivity index (χ1v) is 15.3. The minimum atomic E-state index is -3.97. The van der Waals surface area contributed by atoms with E-state index in [0.717, 1.165) is 37.1 Å². The number of hydrogen-bond acceptors (Lipinski definition) is 7. The van der Waals surface area contributed by atoms with Crippen molar-refractivity contribution in [2.75, 3.05) is 10.0 Å². The van der Waals surface area contributed by atoms with Gasteiger partial charge < -0.3 is 15.8 Å². The Bertz CT molecular complexity index is 1840. The fourth-order valence-corrected chi connectivity index (χ4v) is 6.48. The second-order valence-electron chi connectivity index (χ2n) is 10.3. The summed E-state index contributed by atoms with van der Waals surface area (Å²) in [6, 6.07) is 25.7. The summed E-state index contributed by atoms with van der Waals surface area (Å²) in [5, 5.41) is 4.77. The zero-order valence-electron chi connectivity index (χ0n) is 22.7. The van der Waals surface area contributed by atoms with E-state index in [1.807, 2.05) is 30.3 Å². The number of para-hydroxylation sites is 1. The van der Waals surface area contributed by atoms with Crippen molar-refractivity contribution in [1.29, 1.82) is 0 Å². The highest BCUT2D eigenvalue weighted by atomic mass is 32.2. The van der Waals surface area contributed by atoms with E-state index in [4.69, 9.17) is 10.5 Å². The van der Waals surface area contributed by atoms with Gasteiger partial charge in [0.2, 0.25) is 5.95 Å². The molecule has 10 heteroatoms. The van der Waals surface area contributed by atoms with Crippen molar-refractivity contribution in [1.82, 2.24) is 9.97 Å². The lowest BCUT2D eigenvalue weighted by Gasteiger charge is -2.26. The first-order valence-electron chi connectivity index (χ1n) is 13.8. The number of benzene rings is 4. The Balaban J connectivity index is 1.21. The molecule has 8 nitrogen and oxygen atoms in total. The number of fused-ring (bicyclic) bond motifs is 1. The fraction of sp³-hybridized carbons (Fsp3) is 0.188. The predicted octanol–water partition coefficient (Wildman–Crippen LogP) is 6.71. The molecule has 1 saturated carbocycles. The molecule has 42 heavy (non-hydrogen) atoms. The molecule has 5 aromatic rings. The molecular weight excluding hydrogens is 553 g/mol. The third-order valence-electron chi connectivity index (χ3n) is 7.37. The molecule has 214 valence electrons. The maximum atomic E-state index is 15.2. The lowest BCUT2D eigenvalue weighted by atomic mass is 9.92. The number of ether oxygens (including phenoxy) is 1. The van der Waals surface area contributed by atoms with Gasteiger partial charge in [-0.25, -0.2) is 22.8 Å². The summed E-state index contributed by atoms with van der Waals surface area (Å²) in [7, 11) is -3.97. The van der Waals surface area contributed by atoms with Gasteiger partial charge >= 0.3 is 0 Å². The zero-order valence-corrected chi connectivity index (χ0v) is 23.5. The van der Waals surface area contributed by atoms with Crippen LogP contribution in [0.3, 0.4) is 0 Å². The third kappa shape index (κ3) is 6.05. The van der Waals surface area contributed by atoms with Gasteiger partial charge in [-0.05, 0) is 67.5 Å². The standard InChI is InChI=1S/C32H30FN5O3S/c33-27-20-24(38-42(39,40)31-11-5-7-21-6-1-2-8-25(21)31)16-17-30(27)41-29-10-4-3-9-26(29)28-18-19-35-32(37-28)36-23-14-12-22(34)13-15-23/h1-11,16-20,22-23,38H,12-15,34H2,(H,35,36,37). The molecule has 1 aliphatic rings. The van der Waals surface area contributed by atoms with Crippen LogP contribution in [0, 0.1) is 5.82 Å². The van der Waals surface area contributed by atoms with Crippen LogP contribution in [0.1, 0.15) is 25.7 Å². The Morgan fingerprint density at radius 1 is 0.857 bits per heavy atom. The van der Waals surface area contributed by atoms with Gasteiger partial charge in [0.05, 0.1) is 16.3 Å². The molecule has 0 atom stereocenters. The zero-order chi connectivity index (χ0) is 29.1. The van der Waals surface area contributed by atoms with Crippen molar-refractivity contribution < 1.29 is 17.5 Å². The van der Waals surface area contributed by atoms with Gasteiger partial charge in [0.1, 0.15) is 5.75 Å². The van der Waals surface area contributed by atoms with Gasteiger partial charge in [-0.2, -0.15) is 0 Å². The Kier molecular flexibility index (Phi) is 7.73. The smallest absolute Gasteiger partial charge is 0.262 e. The van der Waals surface area contributed by atoms with E-state index in [2.05, 4.69) is 20.0 Å². The van der Waals surface area contributed by atoms with E-state index < -0.39 is 15.8 Å². The largest absolute Gasteiger partial charge is 0.454 e. The van der Waals surface area contributed by atoms with Crippen molar-refractivity contribution in [3.8, 4) is 22.8 Å². The predicted molar refractivity (Wildman–Crippen MR) is 163 cm³/mol. The van der Waals surface area contributed by atoms with E-state index in [1.54, 1.807) is 42.6 Å². The van der Waals surface area contributed by atoms with Crippen LogP contribution in [0.5, 0.6) is 11.5 Å². The Labute approximate surface area is 243 Å². The number of nitrogens with one attached hydrogen (secondary N) is 2. The van der Waals surface area contributed by atoms with Gasteiger partial charge in [-0.3, -0.25) is 4.72 Å². The molecule has 6 rings (SSSR count). The van der Waals surface area contributed by atoms with E-state index >= 15 is 4.39 Å². The molecule has 4 N–H and O–H groups in total. The number of halogens is 1. The summed E-state index contributed by atoms with van der Waals surface area (Å²) in [5.41, 5.74) is 7.39. The van der Waals surface area contributed by atoms with Crippen molar-refractivity contribution in [2.24, 2.45) is 5.73 Å². The van der Waals surface area contributed by atoms with Crippen LogP contribution in [-0.4, -0.2) is 30.5 Å². The molecule has 1 aromatic heterocycles.